The Bertz CT molecular complexity index is 2100. The standard InChI is InChI=1S/C30H10F4N8/c31-13-1-3-15-17(5-13)19(11(7-35)8-36)25-23(15)39-27-21(33)28-30(22(34)29(27)41-25)42-26-20(12(9-37)10-38)18-6-14(32)2-4-16(18)24(26)40-28/h1-6,27,29,40,42H. The Balaban J connectivity index is 1.44. The number of nitriles is 4. The van der Waals surface area contributed by atoms with Crippen molar-refractivity contribution in [2.75, 3.05) is 0 Å². The quantitative estimate of drug-likeness (QED) is 0.360. The van der Waals surface area contributed by atoms with Crippen molar-refractivity contribution in [3.8, 4) is 24.3 Å². The van der Waals surface area contributed by atoms with E-state index >= 15 is 8.78 Å². The summed E-state index contributed by atoms with van der Waals surface area (Å²) in [6, 6.07) is 11.3. The van der Waals surface area contributed by atoms with Gasteiger partial charge < -0.3 is 10.6 Å². The second-order valence-electron chi connectivity index (χ2n) is 9.62. The lowest BCUT2D eigenvalue weighted by Gasteiger charge is -2.35. The van der Waals surface area contributed by atoms with Crippen molar-refractivity contribution in [3.05, 3.63) is 110 Å². The largest absolute Gasteiger partial charge is 0.349 e. The summed E-state index contributed by atoms with van der Waals surface area (Å²) in [6.07, 6.45) is 0. The van der Waals surface area contributed by atoms with E-state index in [1.165, 1.54) is 12.1 Å². The maximum absolute atomic E-state index is 16.3. The Labute approximate surface area is 234 Å². The molecule has 5 aliphatic rings. The first kappa shape index (κ1) is 24.8. The first-order chi connectivity index (χ1) is 20.3. The van der Waals surface area contributed by atoms with Crippen LogP contribution >= 0.6 is 0 Å². The average Bonchev–Trinajstić information content (AvgIpc) is 3.47. The molecule has 2 N–H and O–H groups in total. The van der Waals surface area contributed by atoms with Crippen LogP contribution in [0.25, 0.3) is 16.8 Å². The first-order valence-corrected chi connectivity index (χ1v) is 12.3. The minimum Gasteiger partial charge on any atom is -0.349 e. The lowest BCUT2D eigenvalue weighted by molar-refractivity contribution is 0.416. The Morgan fingerprint density at radius 3 is 1.62 bits per heavy atom. The monoisotopic (exact) mass is 558 g/mol. The number of allylic oxidation sites excluding steroid dienone is 4. The Kier molecular flexibility index (Phi) is 5.09. The van der Waals surface area contributed by atoms with E-state index in [-0.39, 0.29) is 62.1 Å². The minimum absolute atomic E-state index is 0.0142. The molecule has 0 saturated carbocycles. The molecule has 2 unspecified atom stereocenters. The van der Waals surface area contributed by atoms with Gasteiger partial charge in [0.1, 0.15) is 59.1 Å². The van der Waals surface area contributed by atoms with Gasteiger partial charge in [-0.25, -0.2) is 17.6 Å². The Morgan fingerprint density at radius 1 is 0.571 bits per heavy atom. The summed E-state index contributed by atoms with van der Waals surface area (Å²) < 4.78 is 60.9. The maximum atomic E-state index is 16.3. The van der Waals surface area contributed by atoms with E-state index in [1.54, 1.807) is 24.3 Å². The van der Waals surface area contributed by atoms with Crippen LogP contribution in [-0.4, -0.2) is 23.5 Å². The SMILES string of the molecule is N#CC(C#N)=C1C2=NC3C(F)=C4NC5=C(NC4=C(F)C3N=C2c2ccc(F)cc21)c1ccc(F)cc1C5=C(C#N)C#N. The third-order valence-electron chi connectivity index (χ3n) is 7.52. The molecule has 0 amide bonds. The Morgan fingerprint density at radius 2 is 1.05 bits per heavy atom. The van der Waals surface area contributed by atoms with Crippen LogP contribution in [0.2, 0.25) is 0 Å². The van der Waals surface area contributed by atoms with Gasteiger partial charge in [0.25, 0.3) is 0 Å². The van der Waals surface area contributed by atoms with Gasteiger partial charge in [-0.2, -0.15) is 21.0 Å². The number of aliphatic imine (C=N–C) groups is 2. The number of rotatable bonds is 0. The highest BCUT2D eigenvalue weighted by atomic mass is 19.1. The van der Waals surface area contributed by atoms with Gasteiger partial charge in [0.15, 0.2) is 11.7 Å². The van der Waals surface area contributed by atoms with Gasteiger partial charge in [0.2, 0.25) is 0 Å². The Hall–Kier alpha value is -6.24. The highest BCUT2D eigenvalue weighted by Crippen LogP contribution is 2.48. The predicted molar refractivity (Wildman–Crippen MR) is 140 cm³/mol. The molecule has 0 spiro atoms. The molecule has 2 aromatic rings. The molecule has 198 valence electrons. The number of hydrogen-bond donors (Lipinski definition) is 2. The van der Waals surface area contributed by atoms with E-state index in [9.17, 15) is 29.8 Å². The van der Waals surface area contributed by atoms with Gasteiger partial charge in [-0.05, 0) is 47.5 Å². The summed E-state index contributed by atoms with van der Waals surface area (Å²) in [7, 11) is 0. The fraction of sp³-hybridized carbons (Fsp3) is 0.0667. The number of fused-ring (bicyclic) bond motifs is 7. The highest BCUT2D eigenvalue weighted by molar-refractivity contribution is 6.67. The third-order valence-corrected chi connectivity index (χ3v) is 7.52. The molecule has 7 rings (SSSR count). The van der Waals surface area contributed by atoms with Crippen molar-refractivity contribution in [3.63, 3.8) is 0 Å². The molecule has 12 heteroatoms. The average molecular weight is 558 g/mol. The number of benzene rings is 2. The van der Waals surface area contributed by atoms with E-state index in [1.807, 2.05) is 0 Å². The molecular formula is C30H10F4N8. The molecule has 3 aliphatic carbocycles. The van der Waals surface area contributed by atoms with Gasteiger partial charge in [-0.15, -0.1) is 0 Å². The lowest BCUT2D eigenvalue weighted by Crippen LogP contribution is -2.42. The van der Waals surface area contributed by atoms with E-state index in [4.69, 9.17) is 0 Å². The van der Waals surface area contributed by atoms with Crippen molar-refractivity contribution >= 4 is 28.3 Å². The van der Waals surface area contributed by atoms with Gasteiger partial charge in [0, 0.05) is 22.3 Å². The van der Waals surface area contributed by atoms with Crippen LogP contribution in [0.5, 0.6) is 0 Å². The predicted octanol–water partition coefficient (Wildman–Crippen LogP) is 4.51. The number of nitrogens with one attached hydrogen (secondary N) is 2. The molecule has 2 aliphatic heterocycles. The smallest absolute Gasteiger partial charge is 0.153 e. The molecule has 8 nitrogen and oxygen atoms in total. The van der Waals surface area contributed by atoms with Crippen molar-refractivity contribution < 1.29 is 17.6 Å². The summed E-state index contributed by atoms with van der Waals surface area (Å²) in [6.45, 7) is 0. The zero-order valence-corrected chi connectivity index (χ0v) is 20.8. The molecular weight excluding hydrogens is 548 g/mol. The van der Waals surface area contributed by atoms with Crippen LogP contribution in [0.15, 0.2) is 86.3 Å². The molecule has 2 aromatic carbocycles. The minimum atomic E-state index is -1.56. The molecule has 42 heavy (non-hydrogen) atoms. The van der Waals surface area contributed by atoms with Gasteiger partial charge in [-0.3, -0.25) is 9.98 Å². The van der Waals surface area contributed by atoms with Crippen molar-refractivity contribution in [2.24, 2.45) is 9.98 Å². The van der Waals surface area contributed by atoms with E-state index in [0.29, 0.717) is 11.1 Å². The number of hydrogen-bond acceptors (Lipinski definition) is 8. The molecule has 0 bridgehead atoms. The van der Waals surface area contributed by atoms with Crippen LogP contribution in [-0.2, 0) is 0 Å². The fourth-order valence-electron chi connectivity index (χ4n) is 5.78. The zero-order chi connectivity index (χ0) is 29.4. The number of nitrogens with zero attached hydrogens (tertiary/aromatic N) is 6. The molecule has 0 fully saturated rings. The van der Waals surface area contributed by atoms with Gasteiger partial charge in [-0.1, -0.05) is 0 Å². The summed E-state index contributed by atoms with van der Waals surface area (Å²) in [4.78, 5) is 8.85. The molecule has 0 saturated heterocycles. The van der Waals surface area contributed by atoms with Crippen molar-refractivity contribution in [1.82, 2.24) is 10.6 Å². The molecule has 0 radical (unpaired) electrons. The van der Waals surface area contributed by atoms with Crippen LogP contribution < -0.4 is 10.6 Å². The molecule has 2 heterocycles. The summed E-state index contributed by atoms with van der Waals surface area (Å²) in [5.74, 6) is -3.15. The summed E-state index contributed by atoms with van der Waals surface area (Å²) >= 11 is 0. The van der Waals surface area contributed by atoms with Crippen LogP contribution in [0.4, 0.5) is 17.6 Å². The van der Waals surface area contributed by atoms with Crippen molar-refractivity contribution in [2.45, 2.75) is 12.1 Å². The topological polar surface area (TPSA) is 144 Å². The lowest BCUT2D eigenvalue weighted by atomic mass is 9.92. The second-order valence-corrected chi connectivity index (χ2v) is 9.62. The third kappa shape index (κ3) is 3.12. The number of halogens is 4. The first-order valence-electron chi connectivity index (χ1n) is 12.3. The van der Waals surface area contributed by atoms with Crippen molar-refractivity contribution in [1.29, 1.82) is 21.0 Å². The zero-order valence-electron chi connectivity index (χ0n) is 20.8. The van der Waals surface area contributed by atoms with Crippen LogP contribution in [0, 0.1) is 57.0 Å². The van der Waals surface area contributed by atoms with E-state index in [0.717, 1.165) is 24.3 Å². The normalized spacial score (nSPS) is 20.6. The van der Waals surface area contributed by atoms with E-state index < -0.39 is 40.9 Å². The fourth-order valence-corrected chi connectivity index (χ4v) is 5.78. The maximum Gasteiger partial charge on any atom is 0.153 e. The molecule has 2 atom stereocenters. The van der Waals surface area contributed by atoms with Crippen LogP contribution in [0.1, 0.15) is 22.3 Å². The molecule has 0 aromatic heterocycles. The van der Waals surface area contributed by atoms with E-state index in [2.05, 4.69) is 20.6 Å². The van der Waals surface area contributed by atoms with Crippen LogP contribution in [0.3, 0.4) is 0 Å². The van der Waals surface area contributed by atoms with Gasteiger partial charge >= 0.3 is 0 Å². The second kappa shape index (κ2) is 8.63. The summed E-state index contributed by atoms with van der Waals surface area (Å²) in [5.41, 5.74) is -0.157. The van der Waals surface area contributed by atoms with Gasteiger partial charge in [0.05, 0.1) is 34.2 Å². The highest BCUT2D eigenvalue weighted by Gasteiger charge is 2.48. The summed E-state index contributed by atoms with van der Waals surface area (Å²) in [5, 5.41) is 44.0.